The second-order valence-corrected chi connectivity index (χ2v) is 5.41. The molecule has 2 heteroatoms. The Labute approximate surface area is 88.4 Å². The third-order valence-electron chi connectivity index (χ3n) is 2.90. The average Bonchev–Trinajstić information content (AvgIpc) is 2.52. The maximum Gasteiger partial charge on any atom is 0.0664 e. The van der Waals surface area contributed by atoms with E-state index in [-0.39, 0.29) is 5.41 Å². The summed E-state index contributed by atoms with van der Waals surface area (Å²) in [5.41, 5.74) is 0.287. The van der Waals surface area contributed by atoms with E-state index in [1.165, 1.54) is 12.8 Å². The van der Waals surface area contributed by atoms with Crippen molar-refractivity contribution in [1.82, 2.24) is 5.32 Å². The molecule has 1 aliphatic heterocycles. The molecule has 0 aromatic heterocycles. The lowest BCUT2D eigenvalue weighted by Gasteiger charge is -2.31. The quantitative estimate of drug-likeness (QED) is 0.702. The minimum Gasteiger partial charge on any atom is -0.377 e. The molecule has 0 bridgehead atoms. The van der Waals surface area contributed by atoms with Crippen molar-refractivity contribution in [3.05, 3.63) is 0 Å². The summed E-state index contributed by atoms with van der Waals surface area (Å²) in [4.78, 5) is 0. The van der Waals surface area contributed by atoms with Crippen LogP contribution < -0.4 is 5.32 Å². The van der Waals surface area contributed by atoms with Gasteiger partial charge in [-0.05, 0) is 24.8 Å². The molecule has 2 unspecified atom stereocenters. The molecular formula is C12H25NO. The zero-order chi connectivity index (χ0) is 10.6. The molecule has 1 aliphatic rings. The standard InChI is InChI=1S/C12H25NO/c1-5-7-13-9-10-6-8-14-11(10)12(2,3)4/h10-11,13H,5-9H2,1-4H3. The van der Waals surface area contributed by atoms with Gasteiger partial charge in [-0.3, -0.25) is 0 Å². The maximum atomic E-state index is 5.82. The van der Waals surface area contributed by atoms with Gasteiger partial charge in [0.05, 0.1) is 6.10 Å². The minimum absolute atomic E-state index is 0.287. The Balaban J connectivity index is 2.36. The normalized spacial score (nSPS) is 28.3. The molecule has 14 heavy (non-hydrogen) atoms. The van der Waals surface area contributed by atoms with E-state index in [1.54, 1.807) is 0 Å². The van der Waals surface area contributed by atoms with Crippen LogP contribution in [0.4, 0.5) is 0 Å². The van der Waals surface area contributed by atoms with Gasteiger partial charge in [-0.15, -0.1) is 0 Å². The van der Waals surface area contributed by atoms with Gasteiger partial charge >= 0.3 is 0 Å². The van der Waals surface area contributed by atoms with Crippen molar-refractivity contribution in [2.75, 3.05) is 19.7 Å². The van der Waals surface area contributed by atoms with Crippen LogP contribution in [-0.4, -0.2) is 25.8 Å². The van der Waals surface area contributed by atoms with Crippen LogP contribution in [0.15, 0.2) is 0 Å². The van der Waals surface area contributed by atoms with Gasteiger partial charge in [0.2, 0.25) is 0 Å². The molecule has 0 aromatic rings. The summed E-state index contributed by atoms with van der Waals surface area (Å²) >= 11 is 0. The summed E-state index contributed by atoms with van der Waals surface area (Å²) in [7, 11) is 0. The Morgan fingerprint density at radius 2 is 2.07 bits per heavy atom. The summed E-state index contributed by atoms with van der Waals surface area (Å²) in [5, 5.41) is 3.50. The lowest BCUT2D eigenvalue weighted by Crippen LogP contribution is -2.37. The predicted molar refractivity (Wildman–Crippen MR) is 60.5 cm³/mol. The van der Waals surface area contributed by atoms with Gasteiger partial charge in [-0.2, -0.15) is 0 Å². The Bertz CT molecular complexity index is 162. The van der Waals surface area contributed by atoms with E-state index in [9.17, 15) is 0 Å². The first-order chi connectivity index (χ1) is 6.55. The third kappa shape index (κ3) is 3.25. The average molecular weight is 199 g/mol. The molecule has 84 valence electrons. The van der Waals surface area contributed by atoms with E-state index >= 15 is 0 Å². The van der Waals surface area contributed by atoms with Crippen LogP contribution in [0.5, 0.6) is 0 Å². The van der Waals surface area contributed by atoms with Crippen LogP contribution in [-0.2, 0) is 4.74 Å². The van der Waals surface area contributed by atoms with Gasteiger partial charge < -0.3 is 10.1 Å². The monoisotopic (exact) mass is 199 g/mol. The molecule has 0 aromatic carbocycles. The first-order valence-corrected chi connectivity index (χ1v) is 5.88. The fourth-order valence-electron chi connectivity index (χ4n) is 2.26. The van der Waals surface area contributed by atoms with Crippen molar-refractivity contribution >= 4 is 0 Å². The molecule has 0 radical (unpaired) electrons. The topological polar surface area (TPSA) is 21.3 Å². The first kappa shape index (κ1) is 12.0. The van der Waals surface area contributed by atoms with Crippen LogP contribution in [0.2, 0.25) is 0 Å². The molecule has 0 aliphatic carbocycles. The van der Waals surface area contributed by atoms with Gasteiger partial charge in [0.15, 0.2) is 0 Å². The number of nitrogens with one attached hydrogen (secondary N) is 1. The third-order valence-corrected chi connectivity index (χ3v) is 2.90. The highest BCUT2D eigenvalue weighted by atomic mass is 16.5. The molecule has 1 heterocycles. The van der Waals surface area contributed by atoms with Crippen LogP contribution in [0.25, 0.3) is 0 Å². The summed E-state index contributed by atoms with van der Waals surface area (Å²) in [5.74, 6) is 0.710. The van der Waals surface area contributed by atoms with Crippen LogP contribution >= 0.6 is 0 Å². The smallest absolute Gasteiger partial charge is 0.0664 e. The Morgan fingerprint density at radius 3 is 2.64 bits per heavy atom. The van der Waals surface area contributed by atoms with E-state index < -0.39 is 0 Å². The van der Waals surface area contributed by atoms with Gasteiger partial charge in [0.1, 0.15) is 0 Å². The molecular weight excluding hydrogens is 174 g/mol. The Hall–Kier alpha value is -0.0800. The second-order valence-electron chi connectivity index (χ2n) is 5.41. The zero-order valence-corrected chi connectivity index (χ0v) is 10.1. The molecule has 2 nitrogen and oxygen atoms in total. The highest BCUT2D eigenvalue weighted by Crippen LogP contribution is 2.34. The largest absolute Gasteiger partial charge is 0.377 e. The molecule has 1 rings (SSSR count). The van der Waals surface area contributed by atoms with Crippen LogP contribution in [0.1, 0.15) is 40.5 Å². The molecule has 1 saturated heterocycles. The Morgan fingerprint density at radius 1 is 1.36 bits per heavy atom. The number of ether oxygens (including phenoxy) is 1. The van der Waals surface area contributed by atoms with Gasteiger partial charge in [0, 0.05) is 19.1 Å². The fraction of sp³-hybridized carbons (Fsp3) is 1.00. The predicted octanol–water partition coefficient (Wildman–Crippen LogP) is 2.44. The highest BCUT2D eigenvalue weighted by Gasteiger charge is 2.36. The van der Waals surface area contributed by atoms with Crippen molar-refractivity contribution in [1.29, 1.82) is 0 Å². The van der Waals surface area contributed by atoms with E-state index in [0.717, 1.165) is 19.7 Å². The SMILES string of the molecule is CCCNCC1CCOC1C(C)(C)C. The van der Waals surface area contributed by atoms with Gasteiger partial charge in [-0.1, -0.05) is 27.7 Å². The number of rotatable bonds is 4. The minimum atomic E-state index is 0.287. The summed E-state index contributed by atoms with van der Waals surface area (Å²) in [6, 6.07) is 0. The van der Waals surface area contributed by atoms with Crippen molar-refractivity contribution < 1.29 is 4.74 Å². The lowest BCUT2D eigenvalue weighted by molar-refractivity contribution is 0.00730. The molecule has 1 fully saturated rings. The molecule has 0 amide bonds. The maximum absolute atomic E-state index is 5.82. The Kier molecular flexibility index (Phi) is 4.39. The van der Waals surface area contributed by atoms with Crippen molar-refractivity contribution in [3.8, 4) is 0 Å². The van der Waals surface area contributed by atoms with Crippen molar-refractivity contribution in [2.24, 2.45) is 11.3 Å². The zero-order valence-electron chi connectivity index (χ0n) is 10.1. The molecule has 0 spiro atoms. The van der Waals surface area contributed by atoms with Gasteiger partial charge in [-0.25, -0.2) is 0 Å². The van der Waals surface area contributed by atoms with E-state index in [2.05, 4.69) is 33.0 Å². The highest BCUT2D eigenvalue weighted by molar-refractivity contribution is 4.86. The van der Waals surface area contributed by atoms with E-state index in [1.807, 2.05) is 0 Å². The summed E-state index contributed by atoms with van der Waals surface area (Å²) < 4.78 is 5.82. The summed E-state index contributed by atoms with van der Waals surface area (Å²) in [6.45, 7) is 12.2. The van der Waals surface area contributed by atoms with Crippen LogP contribution in [0, 0.1) is 11.3 Å². The van der Waals surface area contributed by atoms with E-state index in [4.69, 9.17) is 4.74 Å². The van der Waals surface area contributed by atoms with Gasteiger partial charge in [0.25, 0.3) is 0 Å². The van der Waals surface area contributed by atoms with Crippen molar-refractivity contribution in [3.63, 3.8) is 0 Å². The van der Waals surface area contributed by atoms with Crippen LogP contribution in [0.3, 0.4) is 0 Å². The molecule has 1 N–H and O–H groups in total. The first-order valence-electron chi connectivity index (χ1n) is 5.88. The molecule has 0 saturated carbocycles. The lowest BCUT2D eigenvalue weighted by atomic mass is 9.81. The molecule has 2 atom stereocenters. The number of hydrogen-bond donors (Lipinski definition) is 1. The van der Waals surface area contributed by atoms with E-state index in [0.29, 0.717) is 12.0 Å². The fourth-order valence-corrected chi connectivity index (χ4v) is 2.26. The summed E-state index contributed by atoms with van der Waals surface area (Å²) in [6.07, 6.45) is 2.87. The number of hydrogen-bond acceptors (Lipinski definition) is 2. The second kappa shape index (κ2) is 5.13. The van der Waals surface area contributed by atoms with Crippen molar-refractivity contribution in [2.45, 2.75) is 46.6 Å².